The number of carbonyl (C=O) groups excluding carboxylic acids is 1. The molecule has 1 unspecified atom stereocenters. The molecule has 1 fully saturated rings. The molecule has 4 rings (SSSR count). The Kier molecular flexibility index (Phi) is 5.51. The van der Waals surface area contributed by atoms with Crippen molar-refractivity contribution < 1.29 is 9.53 Å². The highest BCUT2D eigenvalue weighted by Gasteiger charge is 2.27. The van der Waals surface area contributed by atoms with Crippen molar-refractivity contribution in [3.05, 3.63) is 67.0 Å². The first-order valence-corrected chi connectivity index (χ1v) is 9.95. The molecule has 150 valence electrons. The van der Waals surface area contributed by atoms with E-state index in [4.69, 9.17) is 4.74 Å². The summed E-state index contributed by atoms with van der Waals surface area (Å²) in [4.78, 5) is 21.3. The monoisotopic (exact) mass is 390 g/mol. The average Bonchev–Trinajstić information content (AvgIpc) is 3.20. The molecule has 2 aromatic carbocycles. The lowest BCUT2D eigenvalue weighted by Gasteiger charge is -2.36. The van der Waals surface area contributed by atoms with Gasteiger partial charge in [-0.1, -0.05) is 42.5 Å². The van der Waals surface area contributed by atoms with Gasteiger partial charge in [0.25, 0.3) is 5.91 Å². The first-order valence-electron chi connectivity index (χ1n) is 9.95. The lowest BCUT2D eigenvalue weighted by Crippen LogP contribution is -2.52. The molecule has 0 radical (unpaired) electrons. The summed E-state index contributed by atoms with van der Waals surface area (Å²) in [6, 6.07) is 18.1. The van der Waals surface area contributed by atoms with Crippen molar-refractivity contribution in [2.24, 2.45) is 7.05 Å². The van der Waals surface area contributed by atoms with E-state index in [-0.39, 0.29) is 5.91 Å². The van der Waals surface area contributed by atoms with E-state index < -0.39 is 6.10 Å². The number of amides is 1. The Morgan fingerprint density at radius 3 is 2.24 bits per heavy atom. The number of aromatic nitrogens is 2. The number of anilines is 1. The molecule has 1 amide bonds. The number of carbonyl (C=O) groups is 1. The molecular formula is C23H26N4O2. The third kappa shape index (κ3) is 4.26. The fourth-order valence-electron chi connectivity index (χ4n) is 3.66. The highest BCUT2D eigenvalue weighted by atomic mass is 16.5. The summed E-state index contributed by atoms with van der Waals surface area (Å²) in [7, 11) is 1.98. The van der Waals surface area contributed by atoms with Crippen LogP contribution in [0.5, 0.6) is 5.75 Å². The molecule has 1 saturated heterocycles. The zero-order chi connectivity index (χ0) is 20.2. The number of rotatable bonds is 5. The summed E-state index contributed by atoms with van der Waals surface area (Å²) >= 11 is 0. The van der Waals surface area contributed by atoms with Gasteiger partial charge in [-0.3, -0.25) is 4.79 Å². The average molecular weight is 390 g/mol. The van der Waals surface area contributed by atoms with Gasteiger partial charge in [0.15, 0.2) is 6.10 Å². The van der Waals surface area contributed by atoms with E-state index in [1.165, 1.54) is 0 Å². The van der Waals surface area contributed by atoms with E-state index in [9.17, 15) is 4.79 Å². The van der Waals surface area contributed by atoms with Gasteiger partial charge in [0.1, 0.15) is 5.75 Å². The summed E-state index contributed by atoms with van der Waals surface area (Å²) in [6.07, 6.45) is 3.22. The molecule has 2 heterocycles. The molecule has 3 aromatic rings. The van der Waals surface area contributed by atoms with Gasteiger partial charge < -0.3 is 19.1 Å². The molecule has 6 nitrogen and oxygen atoms in total. The molecule has 0 aliphatic carbocycles. The van der Waals surface area contributed by atoms with Crippen molar-refractivity contribution in [3.8, 4) is 16.9 Å². The van der Waals surface area contributed by atoms with Crippen molar-refractivity contribution in [3.63, 3.8) is 0 Å². The summed E-state index contributed by atoms with van der Waals surface area (Å²) in [5.41, 5.74) is 2.29. The maximum atomic E-state index is 12.8. The lowest BCUT2D eigenvalue weighted by molar-refractivity contribution is -0.138. The van der Waals surface area contributed by atoms with Crippen LogP contribution in [0.25, 0.3) is 11.1 Å². The number of nitrogens with zero attached hydrogens (tertiary/aromatic N) is 4. The number of ether oxygens (including phenoxy) is 1. The van der Waals surface area contributed by atoms with Gasteiger partial charge in [-0.05, 0) is 30.2 Å². The second kappa shape index (κ2) is 8.39. The van der Waals surface area contributed by atoms with Crippen molar-refractivity contribution in [1.29, 1.82) is 0 Å². The van der Waals surface area contributed by atoms with Crippen molar-refractivity contribution in [2.45, 2.75) is 13.0 Å². The van der Waals surface area contributed by atoms with E-state index in [2.05, 4.69) is 22.0 Å². The third-order valence-corrected chi connectivity index (χ3v) is 5.29. The number of benzene rings is 2. The fourth-order valence-corrected chi connectivity index (χ4v) is 3.66. The van der Waals surface area contributed by atoms with E-state index in [0.717, 1.165) is 30.2 Å². The topological polar surface area (TPSA) is 50.6 Å². The van der Waals surface area contributed by atoms with Crippen LogP contribution in [0.1, 0.15) is 6.92 Å². The largest absolute Gasteiger partial charge is 0.481 e. The number of hydrogen-bond donors (Lipinski definition) is 0. The number of hydrogen-bond acceptors (Lipinski definition) is 4. The summed E-state index contributed by atoms with van der Waals surface area (Å²) in [6.45, 7) is 4.71. The zero-order valence-corrected chi connectivity index (χ0v) is 16.9. The van der Waals surface area contributed by atoms with E-state index >= 15 is 0 Å². The predicted molar refractivity (Wildman–Crippen MR) is 114 cm³/mol. The summed E-state index contributed by atoms with van der Waals surface area (Å²) < 4.78 is 7.92. The predicted octanol–water partition coefficient (Wildman–Crippen LogP) is 3.20. The van der Waals surface area contributed by atoms with Crippen LogP contribution < -0.4 is 9.64 Å². The van der Waals surface area contributed by atoms with Crippen LogP contribution in [0, 0.1) is 0 Å². The molecule has 6 heteroatoms. The van der Waals surface area contributed by atoms with Crippen LogP contribution >= 0.6 is 0 Å². The minimum atomic E-state index is -0.516. The first-order chi connectivity index (χ1) is 14.1. The van der Waals surface area contributed by atoms with Crippen molar-refractivity contribution in [1.82, 2.24) is 14.5 Å². The zero-order valence-electron chi connectivity index (χ0n) is 16.9. The molecule has 1 aromatic heterocycles. The van der Waals surface area contributed by atoms with Crippen LogP contribution in [0.15, 0.2) is 67.0 Å². The molecule has 0 bridgehead atoms. The van der Waals surface area contributed by atoms with Gasteiger partial charge in [-0.25, -0.2) is 4.98 Å². The van der Waals surface area contributed by atoms with E-state index in [1.54, 1.807) is 6.20 Å². The Bertz CT molecular complexity index is 945. The smallest absolute Gasteiger partial charge is 0.263 e. The lowest BCUT2D eigenvalue weighted by atomic mass is 10.1. The molecule has 29 heavy (non-hydrogen) atoms. The molecule has 1 aliphatic rings. The Balaban J connectivity index is 1.32. The van der Waals surface area contributed by atoms with Crippen LogP contribution in [0.2, 0.25) is 0 Å². The molecule has 1 aliphatic heterocycles. The number of imidazole rings is 1. The standard InChI is InChI=1S/C23H26N4O2/c1-18(29-21-10-8-20(9-11-21)19-6-4-3-5-7-19)22(28)26-14-16-27(17-15-26)23-24-12-13-25(23)2/h3-13,18H,14-17H2,1-2H3. The van der Waals surface area contributed by atoms with Gasteiger partial charge in [0.05, 0.1) is 0 Å². The van der Waals surface area contributed by atoms with Gasteiger partial charge in [-0.2, -0.15) is 0 Å². The normalized spacial score (nSPS) is 15.2. The first kappa shape index (κ1) is 19.1. The minimum Gasteiger partial charge on any atom is -0.481 e. The Morgan fingerprint density at radius 2 is 1.62 bits per heavy atom. The van der Waals surface area contributed by atoms with Crippen LogP contribution in [0.3, 0.4) is 0 Å². The van der Waals surface area contributed by atoms with Crippen molar-refractivity contribution >= 4 is 11.9 Å². The molecular weight excluding hydrogens is 364 g/mol. The van der Waals surface area contributed by atoms with Gasteiger partial charge in [0.2, 0.25) is 5.95 Å². The Morgan fingerprint density at radius 1 is 0.966 bits per heavy atom. The van der Waals surface area contributed by atoms with Crippen LogP contribution in [-0.4, -0.2) is 52.6 Å². The second-order valence-electron chi connectivity index (χ2n) is 7.30. The third-order valence-electron chi connectivity index (χ3n) is 5.29. The Labute approximate surface area is 171 Å². The number of piperazine rings is 1. The SMILES string of the molecule is CC(Oc1ccc(-c2ccccc2)cc1)C(=O)N1CCN(c2nccn2C)CC1. The quantitative estimate of drug-likeness (QED) is 0.671. The highest BCUT2D eigenvalue weighted by Crippen LogP contribution is 2.23. The highest BCUT2D eigenvalue weighted by molar-refractivity contribution is 5.81. The molecule has 1 atom stereocenters. The van der Waals surface area contributed by atoms with Gasteiger partial charge >= 0.3 is 0 Å². The molecule has 0 N–H and O–H groups in total. The van der Waals surface area contributed by atoms with Crippen LogP contribution in [0.4, 0.5) is 5.95 Å². The van der Waals surface area contributed by atoms with Crippen LogP contribution in [-0.2, 0) is 11.8 Å². The van der Waals surface area contributed by atoms with E-state index in [0.29, 0.717) is 18.8 Å². The molecule has 0 spiro atoms. The second-order valence-corrected chi connectivity index (χ2v) is 7.30. The van der Waals surface area contributed by atoms with Gasteiger partial charge in [-0.15, -0.1) is 0 Å². The minimum absolute atomic E-state index is 0.0247. The molecule has 0 saturated carbocycles. The maximum Gasteiger partial charge on any atom is 0.263 e. The summed E-state index contributed by atoms with van der Waals surface area (Å²) in [5.74, 6) is 1.67. The Hall–Kier alpha value is -3.28. The fraction of sp³-hybridized carbons (Fsp3) is 0.304. The summed E-state index contributed by atoms with van der Waals surface area (Å²) in [5, 5.41) is 0. The van der Waals surface area contributed by atoms with Gasteiger partial charge in [0, 0.05) is 45.6 Å². The van der Waals surface area contributed by atoms with E-state index in [1.807, 2.05) is 72.1 Å². The van der Waals surface area contributed by atoms with Crippen molar-refractivity contribution in [2.75, 3.05) is 31.1 Å². The maximum absolute atomic E-state index is 12.8. The number of aryl methyl sites for hydroxylation is 1.